The first-order valence-electron chi connectivity index (χ1n) is 5.39. The van der Waals surface area contributed by atoms with E-state index in [1.807, 2.05) is 18.2 Å². The van der Waals surface area contributed by atoms with Crippen LogP contribution in [0.4, 0.5) is 5.69 Å². The van der Waals surface area contributed by atoms with Crippen LogP contribution >= 0.6 is 0 Å². The van der Waals surface area contributed by atoms with Crippen LogP contribution in [0.2, 0.25) is 0 Å². The van der Waals surface area contributed by atoms with Crippen molar-refractivity contribution in [2.45, 2.75) is 26.7 Å². The minimum Gasteiger partial charge on any atom is -0.496 e. The van der Waals surface area contributed by atoms with Gasteiger partial charge in [-0.05, 0) is 17.5 Å². The standard InChI is InChI=1S/C13H19NO2/c1-9(2)12-7-6-11(8-13(12)16-5)14(4)10(3)15/h6-9H,1-5H3. The van der Waals surface area contributed by atoms with E-state index in [2.05, 4.69) is 13.8 Å². The maximum absolute atomic E-state index is 11.2. The molecule has 1 aromatic carbocycles. The predicted molar refractivity (Wildman–Crippen MR) is 66.2 cm³/mol. The number of rotatable bonds is 3. The molecule has 0 saturated carbocycles. The maximum atomic E-state index is 11.2. The highest BCUT2D eigenvalue weighted by Crippen LogP contribution is 2.30. The highest BCUT2D eigenvalue weighted by molar-refractivity contribution is 5.91. The van der Waals surface area contributed by atoms with Crippen LogP contribution in [0.3, 0.4) is 0 Å². The molecule has 0 radical (unpaired) electrons. The molecule has 3 heteroatoms. The average molecular weight is 221 g/mol. The van der Waals surface area contributed by atoms with Crippen LogP contribution in [0.15, 0.2) is 18.2 Å². The van der Waals surface area contributed by atoms with Crippen molar-refractivity contribution in [3.8, 4) is 5.75 Å². The number of carbonyl (C=O) groups is 1. The van der Waals surface area contributed by atoms with Gasteiger partial charge in [0.25, 0.3) is 0 Å². The second kappa shape index (κ2) is 5.01. The van der Waals surface area contributed by atoms with E-state index in [0.717, 1.165) is 17.0 Å². The highest BCUT2D eigenvalue weighted by Gasteiger charge is 2.11. The van der Waals surface area contributed by atoms with Crippen molar-refractivity contribution in [1.82, 2.24) is 0 Å². The van der Waals surface area contributed by atoms with Gasteiger partial charge in [0.05, 0.1) is 7.11 Å². The van der Waals surface area contributed by atoms with Crippen molar-refractivity contribution in [1.29, 1.82) is 0 Å². The third kappa shape index (κ3) is 2.54. The average Bonchev–Trinajstić information content (AvgIpc) is 2.26. The van der Waals surface area contributed by atoms with E-state index < -0.39 is 0 Å². The molecule has 0 unspecified atom stereocenters. The lowest BCUT2D eigenvalue weighted by atomic mass is 10.0. The number of methoxy groups -OCH3 is 1. The summed E-state index contributed by atoms with van der Waals surface area (Å²) in [6, 6.07) is 5.86. The van der Waals surface area contributed by atoms with Gasteiger partial charge >= 0.3 is 0 Å². The first kappa shape index (κ1) is 12.6. The molecule has 1 amide bonds. The van der Waals surface area contributed by atoms with Gasteiger partial charge in [0.2, 0.25) is 5.91 Å². The first-order chi connectivity index (χ1) is 7.47. The SMILES string of the molecule is COc1cc(N(C)C(C)=O)ccc1C(C)C. The van der Waals surface area contributed by atoms with Crippen LogP contribution in [-0.2, 0) is 4.79 Å². The fourth-order valence-corrected chi connectivity index (χ4v) is 1.57. The third-order valence-electron chi connectivity index (χ3n) is 2.70. The molecule has 0 N–H and O–H groups in total. The summed E-state index contributed by atoms with van der Waals surface area (Å²) in [7, 11) is 3.41. The van der Waals surface area contributed by atoms with Crippen molar-refractivity contribution in [2.75, 3.05) is 19.1 Å². The minimum absolute atomic E-state index is 0.0133. The number of carbonyl (C=O) groups excluding carboxylic acids is 1. The lowest BCUT2D eigenvalue weighted by Gasteiger charge is -2.18. The van der Waals surface area contributed by atoms with Crippen LogP contribution in [-0.4, -0.2) is 20.1 Å². The van der Waals surface area contributed by atoms with E-state index in [1.54, 1.807) is 26.0 Å². The molecule has 0 aliphatic rings. The van der Waals surface area contributed by atoms with Gasteiger partial charge in [-0.2, -0.15) is 0 Å². The number of nitrogens with zero attached hydrogens (tertiary/aromatic N) is 1. The molecule has 0 aromatic heterocycles. The zero-order valence-electron chi connectivity index (χ0n) is 10.6. The molecule has 0 spiro atoms. The van der Waals surface area contributed by atoms with Crippen molar-refractivity contribution >= 4 is 11.6 Å². The molecule has 0 atom stereocenters. The number of hydrogen-bond donors (Lipinski definition) is 0. The van der Waals surface area contributed by atoms with E-state index in [4.69, 9.17) is 4.74 Å². The third-order valence-corrected chi connectivity index (χ3v) is 2.70. The minimum atomic E-state index is 0.0133. The number of hydrogen-bond acceptors (Lipinski definition) is 2. The smallest absolute Gasteiger partial charge is 0.223 e. The number of anilines is 1. The van der Waals surface area contributed by atoms with Gasteiger partial charge in [-0.3, -0.25) is 4.79 Å². The van der Waals surface area contributed by atoms with Gasteiger partial charge in [0, 0.05) is 25.7 Å². The Balaban J connectivity index is 3.13. The van der Waals surface area contributed by atoms with Gasteiger partial charge < -0.3 is 9.64 Å². The van der Waals surface area contributed by atoms with Gasteiger partial charge in [0.15, 0.2) is 0 Å². The summed E-state index contributed by atoms with van der Waals surface area (Å²) in [6.45, 7) is 5.78. The largest absolute Gasteiger partial charge is 0.496 e. The van der Waals surface area contributed by atoms with Gasteiger partial charge in [0.1, 0.15) is 5.75 Å². The van der Waals surface area contributed by atoms with Gasteiger partial charge in [-0.1, -0.05) is 19.9 Å². The van der Waals surface area contributed by atoms with E-state index >= 15 is 0 Å². The Labute approximate surface area is 97.0 Å². The topological polar surface area (TPSA) is 29.5 Å². The molecule has 0 heterocycles. The van der Waals surface area contributed by atoms with E-state index in [1.165, 1.54) is 0 Å². The zero-order chi connectivity index (χ0) is 12.3. The van der Waals surface area contributed by atoms with Crippen LogP contribution in [0.25, 0.3) is 0 Å². The molecule has 88 valence electrons. The van der Waals surface area contributed by atoms with Crippen LogP contribution < -0.4 is 9.64 Å². The molecule has 0 fully saturated rings. The van der Waals surface area contributed by atoms with E-state index in [9.17, 15) is 4.79 Å². The molecule has 0 saturated heterocycles. The Morgan fingerprint density at radius 2 is 2.00 bits per heavy atom. The van der Waals surface area contributed by atoms with Crippen LogP contribution in [0.1, 0.15) is 32.3 Å². The van der Waals surface area contributed by atoms with Crippen LogP contribution in [0, 0.1) is 0 Å². The summed E-state index contributed by atoms with van der Waals surface area (Å²) in [5.74, 6) is 1.26. The Morgan fingerprint density at radius 3 is 2.44 bits per heavy atom. The van der Waals surface area contributed by atoms with E-state index in [0.29, 0.717) is 5.92 Å². The molecule has 1 rings (SSSR count). The van der Waals surface area contributed by atoms with E-state index in [-0.39, 0.29) is 5.91 Å². The number of benzene rings is 1. The summed E-state index contributed by atoms with van der Waals surface area (Å²) in [5, 5.41) is 0. The Bertz CT molecular complexity index is 386. The summed E-state index contributed by atoms with van der Waals surface area (Å²) in [4.78, 5) is 12.9. The fraction of sp³-hybridized carbons (Fsp3) is 0.462. The molecule has 3 nitrogen and oxygen atoms in total. The summed E-state index contributed by atoms with van der Waals surface area (Å²) >= 11 is 0. The maximum Gasteiger partial charge on any atom is 0.223 e. The Kier molecular flexibility index (Phi) is 3.93. The Hall–Kier alpha value is -1.51. The van der Waals surface area contributed by atoms with Gasteiger partial charge in [-0.15, -0.1) is 0 Å². The summed E-state index contributed by atoms with van der Waals surface area (Å²) in [5.41, 5.74) is 2.01. The highest BCUT2D eigenvalue weighted by atomic mass is 16.5. The quantitative estimate of drug-likeness (QED) is 0.785. The van der Waals surface area contributed by atoms with Gasteiger partial charge in [-0.25, -0.2) is 0 Å². The number of amides is 1. The zero-order valence-corrected chi connectivity index (χ0v) is 10.6. The molecular weight excluding hydrogens is 202 g/mol. The fourth-order valence-electron chi connectivity index (χ4n) is 1.57. The molecule has 16 heavy (non-hydrogen) atoms. The van der Waals surface area contributed by atoms with Crippen molar-refractivity contribution in [3.63, 3.8) is 0 Å². The normalized spacial score (nSPS) is 10.4. The molecule has 0 aliphatic carbocycles. The molecular formula is C13H19NO2. The van der Waals surface area contributed by atoms with Crippen molar-refractivity contribution in [3.05, 3.63) is 23.8 Å². The lowest BCUT2D eigenvalue weighted by molar-refractivity contribution is -0.116. The van der Waals surface area contributed by atoms with Crippen molar-refractivity contribution in [2.24, 2.45) is 0 Å². The molecule has 1 aromatic rings. The van der Waals surface area contributed by atoms with Crippen LogP contribution in [0.5, 0.6) is 5.75 Å². The summed E-state index contributed by atoms with van der Waals surface area (Å²) < 4.78 is 5.34. The first-order valence-corrected chi connectivity index (χ1v) is 5.39. The predicted octanol–water partition coefficient (Wildman–Crippen LogP) is 2.80. The second-order valence-electron chi connectivity index (χ2n) is 4.16. The molecule has 0 aliphatic heterocycles. The number of ether oxygens (including phenoxy) is 1. The molecule has 0 bridgehead atoms. The monoisotopic (exact) mass is 221 g/mol. The van der Waals surface area contributed by atoms with Crippen molar-refractivity contribution < 1.29 is 9.53 Å². The Morgan fingerprint density at radius 1 is 1.38 bits per heavy atom. The second-order valence-corrected chi connectivity index (χ2v) is 4.16. The lowest BCUT2D eigenvalue weighted by Crippen LogP contribution is -2.22. The summed E-state index contributed by atoms with van der Waals surface area (Å²) in [6.07, 6.45) is 0.